The number of fused-ring (bicyclic) bond motifs is 5. The number of aliphatic hydroxyl groups is 2. The van der Waals surface area contributed by atoms with Gasteiger partial charge in [-0.1, -0.05) is 34.1 Å². The fraction of sp³-hybridized carbons (Fsp3) is 0.794. The van der Waals surface area contributed by atoms with Gasteiger partial charge < -0.3 is 19.7 Å². The molecule has 4 aliphatic rings. The summed E-state index contributed by atoms with van der Waals surface area (Å²) in [5, 5.41) is 22.4. The number of rotatable bonds is 9. The zero-order chi connectivity index (χ0) is 30.4. The first-order valence-corrected chi connectivity index (χ1v) is 17.9. The predicted molar refractivity (Wildman–Crippen MR) is 162 cm³/mol. The SMILES string of the molecule is CC[C@H]1[C@@H](O)[C@@H]2[C@H](CC[C@]3(C)[C@@H]([C@H](C)CCOC(=O)CS(=O)(=O)c4ccc(OC)cc4)CC[C@@H]23)[C@@]2(C)CC[C@@H](O)C[C@@H]12. The average Bonchev–Trinajstić information content (AvgIpc) is 3.31. The number of carbonyl (C=O) groups is 1. The van der Waals surface area contributed by atoms with Gasteiger partial charge in [-0.3, -0.25) is 4.79 Å². The van der Waals surface area contributed by atoms with Crippen LogP contribution in [-0.2, 0) is 19.4 Å². The van der Waals surface area contributed by atoms with Crippen LogP contribution in [0.25, 0.3) is 0 Å². The summed E-state index contributed by atoms with van der Waals surface area (Å²) >= 11 is 0. The van der Waals surface area contributed by atoms with E-state index in [9.17, 15) is 23.4 Å². The minimum atomic E-state index is -3.78. The van der Waals surface area contributed by atoms with E-state index < -0.39 is 21.6 Å². The van der Waals surface area contributed by atoms with E-state index in [0.717, 1.165) is 51.4 Å². The Bertz CT molecular complexity index is 1210. The van der Waals surface area contributed by atoms with Gasteiger partial charge in [0.05, 0.1) is 30.8 Å². The maximum atomic E-state index is 12.7. The summed E-state index contributed by atoms with van der Waals surface area (Å²) < 4.78 is 35.9. The first-order chi connectivity index (χ1) is 19.9. The number of carbonyl (C=O) groups excluding carboxylic acids is 1. The van der Waals surface area contributed by atoms with Crippen LogP contribution in [0.2, 0.25) is 0 Å². The van der Waals surface area contributed by atoms with Crippen molar-refractivity contribution in [2.24, 2.45) is 52.3 Å². The van der Waals surface area contributed by atoms with Gasteiger partial charge in [-0.25, -0.2) is 8.42 Å². The molecule has 0 spiro atoms. The summed E-state index contributed by atoms with van der Waals surface area (Å²) in [6, 6.07) is 6.02. The first kappa shape index (κ1) is 31.8. The fourth-order valence-electron chi connectivity index (χ4n) is 10.6. The third-order valence-electron chi connectivity index (χ3n) is 12.7. The highest BCUT2D eigenvalue weighted by Gasteiger charge is 2.64. The highest BCUT2D eigenvalue weighted by molar-refractivity contribution is 7.92. The largest absolute Gasteiger partial charge is 0.497 e. The molecule has 2 N–H and O–H groups in total. The molecule has 0 unspecified atom stereocenters. The van der Waals surface area contributed by atoms with E-state index in [1.807, 2.05) is 0 Å². The van der Waals surface area contributed by atoms with E-state index in [-0.39, 0.29) is 40.5 Å². The van der Waals surface area contributed by atoms with Gasteiger partial charge in [0.25, 0.3) is 0 Å². The molecule has 0 aromatic heterocycles. The Hall–Kier alpha value is -1.64. The van der Waals surface area contributed by atoms with E-state index in [1.54, 1.807) is 12.1 Å². The molecule has 0 heterocycles. The van der Waals surface area contributed by atoms with Crippen LogP contribution in [0.1, 0.15) is 85.5 Å². The number of ether oxygens (including phenoxy) is 2. The number of methoxy groups -OCH3 is 1. The highest BCUT2D eigenvalue weighted by atomic mass is 32.2. The van der Waals surface area contributed by atoms with Crippen LogP contribution in [0.4, 0.5) is 0 Å². The van der Waals surface area contributed by atoms with Crippen LogP contribution in [0.5, 0.6) is 5.75 Å². The lowest BCUT2D eigenvalue weighted by Crippen LogP contribution is -2.62. The van der Waals surface area contributed by atoms with Crippen molar-refractivity contribution in [2.75, 3.05) is 19.5 Å². The Morgan fingerprint density at radius 2 is 1.67 bits per heavy atom. The maximum Gasteiger partial charge on any atom is 0.321 e. The van der Waals surface area contributed by atoms with Crippen molar-refractivity contribution < 1.29 is 32.9 Å². The molecule has 8 heteroatoms. The zero-order valence-corrected chi connectivity index (χ0v) is 26.9. The Morgan fingerprint density at radius 3 is 2.33 bits per heavy atom. The zero-order valence-electron chi connectivity index (χ0n) is 26.1. The van der Waals surface area contributed by atoms with Gasteiger partial charge in [-0.15, -0.1) is 0 Å². The lowest BCUT2D eigenvalue weighted by Gasteiger charge is -2.64. The van der Waals surface area contributed by atoms with Crippen LogP contribution in [-0.4, -0.2) is 56.3 Å². The van der Waals surface area contributed by atoms with Crippen molar-refractivity contribution >= 4 is 15.8 Å². The standard InChI is InChI=1S/C34H52O7S/c1-6-25-29-19-22(35)13-16-34(29,4)28-14-17-33(3)26(11-12-27(33)31(28)32(25)37)21(2)15-18-41-30(36)20-42(38,39)24-9-7-23(40-5)8-10-24/h7-10,21-22,25-29,31-32,35,37H,6,11-20H2,1-5H3/t21-,22-,25-,26-,27+,28+,29+,31+,32-,33-,34-/m1/s1. The van der Waals surface area contributed by atoms with Crippen LogP contribution in [0.15, 0.2) is 29.2 Å². The van der Waals surface area contributed by atoms with Crippen molar-refractivity contribution in [1.29, 1.82) is 0 Å². The van der Waals surface area contributed by atoms with Gasteiger partial charge in [0.2, 0.25) is 0 Å². The Morgan fingerprint density at radius 1 is 1.00 bits per heavy atom. The quantitative estimate of drug-likeness (QED) is 0.350. The summed E-state index contributed by atoms with van der Waals surface area (Å²) in [6.07, 6.45) is 8.43. The van der Waals surface area contributed by atoms with Crippen LogP contribution >= 0.6 is 0 Å². The third-order valence-corrected chi connectivity index (χ3v) is 14.3. The molecule has 7 nitrogen and oxygen atoms in total. The molecule has 4 aliphatic carbocycles. The molecule has 1 aromatic carbocycles. The normalized spacial score (nSPS) is 40.4. The Balaban J connectivity index is 1.20. The average molecular weight is 605 g/mol. The lowest BCUT2D eigenvalue weighted by molar-refractivity contribution is -0.203. The summed E-state index contributed by atoms with van der Waals surface area (Å²) in [4.78, 5) is 12.6. The second-order valence-corrected chi connectivity index (χ2v) is 16.5. The molecule has 0 amide bonds. The van der Waals surface area contributed by atoms with E-state index in [1.165, 1.54) is 19.2 Å². The minimum absolute atomic E-state index is 0.0777. The fourth-order valence-corrected chi connectivity index (χ4v) is 11.7. The van der Waals surface area contributed by atoms with E-state index in [4.69, 9.17) is 9.47 Å². The monoisotopic (exact) mass is 604 g/mol. The Kier molecular flexibility index (Phi) is 9.11. The van der Waals surface area contributed by atoms with Crippen molar-refractivity contribution in [3.8, 4) is 5.75 Å². The van der Waals surface area contributed by atoms with Crippen molar-refractivity contribution in [3.63, 3.8) is 0 Å². The van der Waals surface area contributed by atoms with E-state index in [0.29, 0.717) is 47.7 Å². The number of aliphatic hydroxyl groups excluding tert-OH is 2. The van der Waals surface area contributed by atoms with Crippen LogP contribution in [0.3, 0.4) is 0 Å². The maximum absolute atomic E-state index is 12.7. The Labute approximate surface area is 252 Å². The second-order valence-electron chi connectivity index (χ2n) is 14.5. The molecule has 236 valence electrons. The number of benzene rings is 1. The van der Waals surface area contributed by atoms with Crippen molar-refractivity contribution in [2.45, 2.75) is 103 Å². The molecule has 4 fully saturated rings. The number of hydrogen-bond donors (Lipinski definition) is 2. The number of esters is 1. The molecule has 0 aliphatic heterocycles. The number of hydrogen-bond acceptors (Lipinski definition) is 7. The van der Waals surface area contributed by atoms with Crippen molar-refractivity contribution in [3.05, 3.63) is 24.3 Å². The molecule has 42 heavy (non-hydrogen) atoms. The molecule has 5 rings (SSSR count). The second kappa shape index (κ2) is 12.0. The summed E-state index contributed by atoms with van der Waals surface area (Å²) in [5.74, 6) is 1.92. The number of sulfone groups is 1. The summed E-state index contributed by atoms with van der Waals surface area (Å²) in [7, 11) is -2.27. The van der Waals surface area contributed by atoms with Gasteiger partial charge in [0, 0.05) is 0 Å². The molecule has 4 saturated carbocycles. The molecule has 0 bridgehead atoms. The van der Waals surface area contributed by atoms with Gasteiger partial charge >= 0.3 is 5.97 Å². The van der Waals surface area contributed by atoms with E-state index in [2.05, 4.69) is 27.7 Å². The van der Waals surface area contributed by atoms with Gasteiger partial charge in [0.1, 0.15) is 5.75 Å². The van der Waals surface area contributed by atoms with Crippen molar-refractivity contribution in [1.82, 2.24) is 0 Å². The van der Waals surface area contributed by atoms with Gasteiger partial charge in [-0.2, -0.15) is 0 Å². The molecule has 0 saturated heterocycles. The topological polar surface area (TPSA) is 110 Å². The van der Waals surface area contributed by atoms with E-state index >= 15 is 0 Å². The molecular weight excluding hydrogens is 552 g/mol. The molecule has 0 radical (unpaired) electrons. The minimum Gasteiger partial charge on any atom is -0.497 e. The van der Waals surface area contributed by atoms with Gasteiger partial charge in [0.15, 0.2) is 15.6 Å². The first-order valence-electron chi connectivity index (χ1n) is 16.2. The third kappa shape index (κ3) is 5.53. The smallest absolute Gasteiger partial charge is 0.321 e. The predicted octanol–water partition coefficient (Wildman–Crippen LogP) is 5.67. The summed E-state index contributed by atoms with van der Waals surface area (Å²) in [6.45, 7) is 9.59. The highest BCUT2D eigenvalue weighted by Crippen LogP contribution is 2.69. The summed E-state index contributed by atoms with van der Waals surface area (Å²) in [5.41, 5.74) is 0.328. The van der Waals surface area contributed by atoms with Crippen LogP contribution in [0, 0.1) is 52.3 Å². The molecule has 1 aromatic rings. The lowest BCUT2D eigenvalue weighted by atomic mass is 9.41. The van der Waals surface area contributed by atoms with Crippen LogP contribution < -0.4 is 4.74 Å². The van der Waals surface area contributed by atoms with Gasteiger partial charge in [-0.05, 0) is 128 Å². The molecule has 11 atom stereocenters. The molecular formula is C34H52O7S.